The van der Waals surface area contributed by atoms with Crippen LogP contribution in [-0.4, -0.2) is 30.9 Å². The van der Waals surface area contributed by atoms with E-state index in [0.717, 1.165) is 47.0 Å². The molecule has 184 valence electrons. The van der Waals surface area contributed by atoms with E-state index in [1.54, 1.807) is 0 Å². The minimum Gasteiger partial charge on any atom is -0.485 e. The van der Waals surface area contributed by atoms with Crippen molar-refractivity contribution in [1.82, 2.24) is 0 Å². The van der Waals surface area contributed by atoms with Crippen molar-refractivity contribution >= 4 is 22.9 Å². The molecule has 0 spiro atoms. The van der Waals surface area contributed by atoms with Crippen molar-refractivity contribution in [3.05, 3.63) is 101 Å². The molecule has 2 aromatic rings. The van der Waals surface area contributed by atoms with Crippen LogP contribution in [0.4, 0.5) is 5.69 Å². The van der Waals surface area contributed by atoms with Gasteiger partial charge in [-0.25, -0.2) is 4.79 Å². The van der Waals surface area contributed by atoms with E-state index in [-0.39, 0.29) is 6.10 Å². The quantitative estimate of drug-likeness (QED) is 0.364. The third-order valence-electron chi connectivity index (χ3n) is 6.60. The zero-order chi connectivity index (χ0) is 25.2. The maximum Gasteiger partial charge on any atom is 0.368 e. The van der Waals surface area contributed by atoms with Crippen LogP contribution in [0.1, 0.15) is 45.2 Å². The summed E-state index contributed by atoms with van der Waals surface area (Å²) in [6.45, 7) is 10.2. The summed E-state index contributed by atoms with van der Waals surface area (Å²) in [5.41, 5.74) is 5.95. The molecule has 0 aliphatic carbocycles. The summed E-state index contributed by atoms with van der Waals surface area (Å²) in [6, 6.07) is 16.0. The van der Waals surface area contributed by atoms with Crippen molar-refractivity contribution in [2.24, 2.45) is 5.16 Å². The summed E-state index contributed by atoms with van der Waals surface area (Å²) in [5, 5.41) is 4.05. The Morgan fingerprint density at radius 1 is 1.00 bits per heavy atom. The molecule has 6 heteroatoms. The maximum absolute atomic E-state index is 12.6. The van der Waals surface area contributed by atoms with E-state index in [4.69, 9.17) is 14.3 Å². The van der Waals surface area contributed by atoms with E-state index in [1.165, 1.54) is 5.57 Å². The lowest BCUT2D eigenvalue weighted by atomic mass is 9.95. The Labute approximate surface area is 211 Å². The Balaban J connectivity index is 1.43. The number of ether oxygens (including phenoxy) is 2. The van der Waals surface area contributed by atoms with Gasteiger partial charge in [-0.2, -0.15) is 0 Å². The van der Waals surface area contributed by atoms with E-state index in [1.807, 2.05) is 49.4 Å². The van der Waals surface area contributed by atoms with Crippen LogP contribution in [0.15, 0.2) is 94.6 Å². The monoisotopic (exact) mass is 482 g/mol. The molecule has 0 saturated heterocycles. The van der Waals surface area contributed by atoms with Crippen LogP contribution in [0.25, 0.3) is 5.57 Å². The molecule has 1 unspecified atom stereocenters. The van der Waals surface area contributed by atoms with E-state index < -0.39 is 5.97 Å². The summed E-state index contributed by atoms with van der Waals surface area (Å²) in [6.07, 6.45) is 6.21. The highest BCUT2D eigenvalue weighted by Gasteiger charge is 2.31. The predicted molar refractivity (Wildman–Crippen MR) is 142 cm³/mol. The van der Waals surface area contributed by atoms with E-state index in [9.17, 15) is 4.79 Å². The summed E-state index contributed by atoms with van der Waals surface area (Å²) in [7, 11) is 0. The van der Waals surface area contributed by atoms with Gasteiger partial charge in [0, 0.05) is 42.4 Å². The van der Waals surface area contributed by atoms with Gasteiger partial charge >= 0.3 is 5.97 Å². The fraction of sp³-hybridized carbons (Fsp3) is 0.267. The highest BCUT2D eigenvalue weighted by atomic mass is 16.7. The molecule has 3 aliphatic rings. The van der Waals surface area contributed by atoms with Crippen molar-refractivity contribution < 1.29 is 19.1 Å². The zero-order valence-corrected chi connectivity index (χ0v) is 21.1. The Morgan fingerprint density at radius 2 is 1.78 bits per heavy atom. The molecule has 0 saturated carbocycles. The number of allylic oxidation sites excluding steroid dienone is 5. The van der Waals surface area contributed by atoms with Gasteiger partial charge in [0.05, 0.1) is 5.57 Å². The highest BCUT2D eigenvalue weighted by molar-refractivity contribution is 6.29. The highest BCUT2D eigenvalue weighted by Crippen LogP contribution is 2.37. The van der Waals surface area contributed by atoms with Crippen molar-refractivity contribution in [3.8, 4) is 5.75 Å². The number of anilines is 1. The largest absolute Gasteiger partial charge is 0.485 e. The van der Waals surface area contributed by atoms with Crippen molar-refractivity contribution in [1.29, 1.82) is 0 Å². The van der Waals surface area contributed by atoms with Crippen molar-refractivity contribution in [2.45, 2.75) is 40.2 Å². The van der Waals surface area contributed by atoms with Crippen LogP contribution in [0.3, 0.4) is 0 Å². The number of hydrogen-bond donors (Lipinski definition) is 0. The second kappa shape index (κ2) is 9.90. The molecule has 2 aromatic carbocycles. The Bertz CT molecular complexity index is 1340. The molecule has 0 aromatic heterocycles. The average molecular weight is 483 g/mol. The molecule has 3 heterocycles. The maximum atomic E-state index is 12.6. The normalized spacial score (nSPS) is 20.8. The van der Waals surface area contributed by atoms with Gasteiger partial charge in [-0.1, -0.05) is 35.5 Å². The number of hydrogen-bond acceptors (Lipinski definition) is 6. The standard InChI is InChI=1S/C30H30N2O4/c1-5-32(6-2)23-12-13-26-19(3)14-24(35-27(26)17-23)18-25-16-22(15-20(4)34-25)28-29(31-36-30(28)33)21-10-8-7-9-11-21/h7-17,24H,5-6,18H2,1-4H3. The number of carbonyl (C=O) groups excluding carboxylic acids is 1. The van der Waals surface area contributed by atoms with Gasteiger partial charge in [0.1, 0.15) is 29.1 Å². The zero-order valence-electron chi connectivity index (χ0n) is 21.1. The van der Waals surface area contributed by atoms with E-state index in [0.29, 0.717) is 23.5 Å². The first-order chi connectivity index (χ1) is 17.5. The number of oxime groups is 1. The lowest BCUT2D eigenvalue weighted by Crippen LogP contribution is -2.23. The topological polar surface area (TPSA) is 60.4 Å². The SMILES string of the molecule is CCN(CC)c1ccc2c(c1)OC(CC1=CC(=C3C(=O)ON=C3c3ccccc3)C=C(C)O1)C=C2C. The van der Waals surface area contributed by atoms with Gasteiger partial charge in [-0.3, -0.25) is 0 Å². The number of fused-ring (bicyclic) bond motifs is 1. The lowest BCUT2D eigenvalue weighted by molar-refractivity contribution is -0.136. The minimum atomic E-state index is -0.465. The second-order valence-corrected chi connectivity index (χ2v) is 9.05. The third kappa shape index (κ3) is 4.59. The molecular formula is C30H30N2O4. The Hall–Kier alpha value is -4.06. The Kier molecular flexibility index (Phi) is 6.51. The van der Waals surface area contributed by atoms with Crippen LogP contribution < -0.4 is 9.64 Å². The predicted octanol–water partition coefficient (Wildman–Crippen LogP) is 6.16. The number of nitrogens with zero attached hydrogens (tertiary/aromatic N) is 2. The molecule has 0 bridgehead atoms. The van der Waals surface area contributed by atoms with Crippen LogP contribution in [0.5, 0.6) is 5.75 Å². The molecule has 0 radical (unpaired) electrons. The summed E-state index contributed by atoms with van der Waals surface area (Å²) in [4.78, 5) is 20.0. The van der Waals surface area contributed by atoms with Gasteiger partial charge in [0.2, 0.25) is 0 Å². The molecule has 5 rings (SSSR count). The third-order valence-corrected chi connectivity index (χ3v) is 6.60. The van der Waals surface area contributed by atoms with Gasteiger partial charge in [0.25, 0.3) is 0 Å². The van der Waals surface area contributed by atoms with Crippen molar-refractivity contribution in [3.63, 3.8) is 0 Å². The van der Waals surface area contributed by atoms with E-state index >= 15 is 0 Å². The van der Waals surface area contributed by atoms with Gasteiger partial charge < -0.3 is 19.2 Å². The summed E-state index contributed by atoms with van der Waals surface area (Å²) < 4.78 is 12.5. The van der Waals surface area contributed by atoms with Crippen LogP contribution in [0, 0.1) is 0 Å². The first kappa shape index (κ1) is 23.7. The summed E-state index contributed by atoms with van der Waals surface area (Å²) >= 11 is 0. The molecule has 36 heavy (non-hydrogen) atoms. The average Bonchev–Trinajstić information content (AvgIpc) is 3.26. The van der Waals surface area contributed by atoms with Gasteiger partial charge in [-0.05, 0) is 69.2 Å². The molecule has 1 atom stereocenters. The first-order valence-corrected chi connectivity index (χ1v) is 12.4. The molecular weight excluding hydrogens is 452 g/mol. The van der Waals surface area contributed by atoms with E-state index in [2.05, 4.69) is 55.1 Å². The van der Waals surface area contributed by atoms with Crippen LogP contribution in [0.2, 0.25) is 0 Å². The fourth-order valence-corrected chi connectivity index (χ4v) is 4.85. The van der Waals surface area contributed by atoms with Gasteiger partial charge in [0.15, 0.2) is 0 Å². The van der Waals surface area contributed by atoms with Gasteiger partial charge in [-0.15, -0.1) is 0 Å². The smallest absolute Gasteiger partial charge is 0.368 e. The van der Waals surface area contributed by atoms with Crippen molar-refractivity contribution in [2.75, 3.05) is 18.0 Å². The minimum absolute atomic E-state index is 0.189. The molecule has 0 amide bonds. The number of carbonyl (C=O) groups is 1. The second-order valence-electron chi connectivity index (χ2n) is 9.05. The number of rotatable bonds is 6. The molecule has 6 nitrogen and oxygen atoms in total. The number of benzene rings is 2. The molecule has 0 fully saturated rings. The summed E-state index contributed by atoms with van der Waals surface area (Å²) in [5.74, 6) is 1.84. The lowest BCUT2D eigenvalue weighted by Gasteiger charge is -2.28. The molecule has 0 N–H and O–H groups in total. The van der Waals surface area contributed by atoms with Crippen LogP contribution in [-0.2, 0) is 14.4 Å². The Morgan fingerprint density at radius 3 is 2.53 bits per heavy atom. The van der Waals surface area contributed by atoms with Crippen LogP contribution >= 0.6 is 0 Å². The fourth-order valence-electron chi connectivity index (χ4n) is 4.85. The first-order valence-electron chi connectivity index (χ1n) is 12.4. The molecule has 3 aliphatic heterocycles.